The Morgan fingerprint density at radius 2 is 1.84 bits per heavy atom. The van der Waals surface area contributed by atoms with Gasteiger partial charge in [0.05, 0.1) is 0 Å². The SMILES string of the molecule is CCC(C)(C)N(C)c1nc(N)nc(N2CCCC2)n1. The van der Waals surface area contributed by atoms with Gasteiger partial charge in [-0.2, -0.15) is 15.0 Å². The molecule has 0 aliphatic carbocycles. The van der Waals surface area contributed by atoms with Crippen molar-refractivity contribution in [3.05, 3.63) is 0 Å². The molecule has 0 spiro atoms. The maximum atomic E-state index is 5.83. The zero-order valence-corrected chi connectivity index (χ0v) is 12.3. The van der Waals surface area contributed by atoms with Crippen LogP contribution in [0.4, 0.5) is 17.8 Å². The first-order chi connectivity index (χ1) is 8.94. The minimum atomic E-state index is -0.00390. The Kier molecular flexibility index (Phi) is 3.78. The van der Waals surface area contributed by atoms with E-state index < -0.39 is 0 Å². The van der Waals surface area contributed by atoms with E-state index in [0.717, 1.165) is 19.5 Å². The molecule has 106 valence electrons. The van der Waals surface area contributed by atoms with Crippen LogP contribution in [-0.4, -0.2) is 40.6 Å². The highest BCUT2D eigenvalue weighted by Gasteiger charge is 2.25. The van der Waals surface area contributed by atoms with Crippen LogP contribution in [0.15, 0.2) is 0 Å². The molecule has 1 fully saturated rings. The van der Waals surface area contributed by atoms with E-state index in [1.54, 1.807) is 0 Å². The summed E-state index contributed by atoms with van der Waals surface area (Å²) in [5.41, 5.74) is 5.83. The third-order valence-corrected chi connectivity index (χ3v) is 4.09. The van der Waals surface area contributed by atoms with E-state index >= 15 is 0 Å². The second-order valence-electron chi connectivity index (χ2n) is 5.71. The number of hydrogen-bond acceptors (Lipinski definition) is 6. The zero-order chi connectivity index (χ0) is 14.0. The Morgan fingerprint density at radius 1 is 1.21 bits per heavy atom. The van der Waals surface area contributed by atoms with Crippen LogP contribution in [0.1, 0.15) is 40.0 Å². The van der Waals surface area contributed by atoms with Crippen molar-refractivity contribution in [1.82, 2.24) is 15.0 Å². The smallest absolute Gasteiger partial charge is 0.232 e. The number of hydrogen-bond donors (Lipinski definition) is 1. The summed E-state index contributed by atoms with van der Waals surface area (Å²) in [5, 5.41) is 0. The quantitative estimate of drug-likeness (QED) is 0.892. The van der Waals surface area contributed by atoms with Crippen molar-refractivity contribution < 1.29 is 0 Å². The molecule has 1 aliphatic rings. The Bertz CT molecular complexity index is 439. The highest BCUT2D eigenvalue weighted by atomic mass is 15.4. The van der Waals surface area contributed by atoms with E-state index in [1.165, 1.54) is 12.8 Å². The molecule has 0 radical (unpaired) electrons. The van der Waals surface area contributed by atoms with Gasteiger partial charge < -0.3 is 15.5 Å². The molecule has 1 saturated heterocycles. The molecule has 0 atom stereocenters. The monoisotopic (exact) mass is 264 g/mol. The van der Waals surface area contributed by atoms with Crippen LogP contribution in [-0.2, 0) is 0 Å². The summed E-state index contributed by atoms with van der Waals surface area (Å²) in [6, 6.07) is 0. The van der Waals surface area contributed by atoms with Crippen LogP contribution in [0.25, 0.3) is 0 Å². The summed E-state index contributed by atoms with van der Waals surface area (Å²) in [6.07, 6.45) is 3.39. The molecule has 6 nitrogen and oxygen atoms in total. The third-order valence-electron chi connectivity index (χ3n) is 4.09. The lowest BCUT2D eigenvalue weighted by Crippen LogP contribution is -2.42. The molecular weight excluding hydrogens is 240 g/mol. The number of rotatable bonds is 4. The highest BCUT2D eigenvalue weighted by Crippen LogP contribution is 2.24. The molecule has 6 heteroatoms. The average molecular weight is 264 g/mol. The van der Waals surface area contributed by atoms with Gasteiger partial charge in [0.25, 0.3) is 0 Å². The Morgan fingerprint density at radius 3 is 2.42 bits per heavy atom. The van der Waals surface area contributed by atoms with Gasteiger partial charge in [-0.25, -0.2) is 0 Å². The Hall–Kier alpha value is -1.59. The molecule has 2 heterocycles. The number of aromatic nitrogens is 3. The van der Waals surface area contributed by atoms with E-state index in [9.17, 15) is 0 Å². The molecule has 0 amide bonds. The molecule has 0 aromatic carbocycles. The minimum Gasteiger partial charge on any atom is -0.368 e. The van der Waals surface area contributed by atoms with Gasteiger partial charge in [0, 0.05) is 25.7 Å². The van der Waals surface area contributed by atoms with Crippen LogP contribution in [0.2, 0.25) is 0 Å². The number of nitrogens with two attached hydrogens (primary N) is 1. The third kappa shape index (κ3) is 2.88. The second kappa shape index (κ2) is 5.19. The maximum Gasteiger partial charge on any atom is 0.232 e. The molecule has 2 rings (SSSR count). The summed E-state index contributed by atoms with van der Waals surface area (Å²) < 4.78 is 0. The van der Waals surface area contributed by atoms with Crippen molar-refractivity contribution in [3.63, 3.8) is 0 Å². The van der Waals surface area contributed by atoms with E-state index in [4.69, 9.17) is 5.73 Å². The summed E-state index contributed by atoms with van der Waals surface area (Å²) in [4.78, 5) is 17.4. The first-order valence-corrected chi connectivity index (χ1v) is 6.94. The highest BCUT2D eigenvalue weighted by molar-refractivity contribution is 5.45. The summed E-state index contributed by atoms with van der Waals surface area (Å²) in [7, 11) is 2.01. The fraction of sp³-hybridized carbons (Fsp3) is 0.769. The van der Waals surface area contributed by atoms with Gasteiger partial charge in [-0.15, -0.1) is 0 Å². The van der Waals surface area contributed by atoms with Crippen molar-refractivity contribution in [3.8, 4) is 0 Å². The largest absolute Gasteiger partial charge is 0.368 e. The van der Waals surface area contributed by atoms with Gasteiger partial charge >= 0.3 is 0 Å². The fourth-order valence-corrected chi connectivity index (χ4v) is 2.09. The maximum absolute atomic E-state index is 5.83. The van der Waals surface area contributed by atoms with Crippen molar-refractivity contribution in [2.24, 2.45) is 0 Å². The number of nitrogen functional groups attached to an aromatic ring is 1. The van der Waals surface area contributed by atoms with Crippen LogP contribution in [0.3, 0.4) is 0 Å². The second-order valence-corrected chi connectivity index (χ2v) is 5.71. The van der Waals surface area contributed by atoms with Crippen molar-refractivity contribution in [2.45, 2.75) is 45.6 Å². The van der Waals surface area contributed by atoms with Crippen molar-refractivity contribution >= 4 is 17.8 Å². The van der Waals surface area contributed by atoms with Gasteiger partial charge in [0.2, 0.25) is 17.8 Å². The molecule has 2 N–H and O–H groups in total. The first kappa shape index (κ1) is 13.8. The Balaban J connectivity index is 2.30. The van der Waals surface area contributed by atoms with Crippen LogP contribution in [0.5, 0.6) is 0 Å². The number of nitrogens with zero attached hydrogens (tertiary/aromatic N) is 5. The van der Waals surface area contributed by atoms with E-state index in [0.29, 0.717) is 17.8 Å². The molecule has 0 saturated carbocycles. The molecule has 0 unspecified atom stereocenters. The van der Waals surface area contributed by atoms with Gasteiger partial charge in [0.15, 0.2) is 0 Å². The first-order valence-electron chi connectivity index (χ1n) is 6.94. The normalized spacial score (nSPS) is 15.9. The predicted octanol–water partition coefficient (Wildman–Crippen LogP) is 1.68. The zero-order valence-electron chi connectivity index (χ0n) is 12.3. The van der Waals surface area contributed by atoms with E-state index in [-0.39, 0.29) is 5.54 Å². The molecule has 1 aromatic heterocycles. The standard InChI is InChI=1S/C13H24N6/c1-5-13(2,3)18(4)11-15-10(14)16-12(17-11)19-8-6-7-9-19/h5-9H2,1-4H3,(H2,14,15,16,17). The van der Waals surface area contributed by atoms with Crippen LogP contribution < -0.4 is 15.5 Å². The van der Waals surface area contributed by atoms with Crippen molar-refractivity contribution in [1.29, 1.82) is 0 Å². The lowest BCUT2D eigenvalue weighted by Gasteiger charge is -2.35. The summed E-state index contributed by atoms with van der Waals surface area (Å²) in [5.74, 6) is 1.66. The van der Waals surface area contributed by atoms with Crippen LogP contribution >= 0.6 is 0 Å². The topological polar surface area (TPSA) is 71.2 Å². The van der Waals surface area contributed by atoms with Gasteiger partial charge in [-0.05, 0) is 33.1 Å². The van der Waals surface area contributed by atoms with Gasteiger partial charge in [-0.3, -0.25) is 0 Å². The van der Waals surface area contributed by atoms with Crippen LogP contribution in [0, 0.1) is 0 Å². The van der Waals surface area contributed by atoms with E-state index in [1.807, 2.05) is 7.05 Å². The summed E-state index contributed by atoms with van der Waals surface area (Å²) in [6.45, 7) is 8.50. The molecule has 1 aromatic rings. The van der Waals surface area contributed by atoms with Gasteiger partial charge in [-0.1, -0.05) is 6.92 Å². The molecule has 0 bridgehead atoms. The summed E-state index contributed by atoms with van der Waals surface area (Å²) >= 11 is 0. The molecule has 19 heavy (non-hydrogen) atoms. The lowest BCUT2D eigenvalue weighted by molar-refractivity contribution is 0.463. The predicted molar refractivity (Wildman–Crippen MR) is 78.5 cm³/mol. The molecule has 1 aliphatic heterocycles. The Labute approximate surface area is 115 Å². The van der Waals surface area contributed by atoms with Gasteiger partial charge in [0.1, 0.15) is 0 Å². The minimum absolute atomic E-state index is 0.00390. The van der Waals surface area contributed by atoms with E-state index in [2.05, 4.69) is 45.5 Å². The van der Waals surface area contributed by atoms with Crippen molar-refractivity contribution in [2.75, 3.05) is 35.7 Å². The molecular formula is C13H24N6. The average Bonchev–Trinajstić information content (AvgIpc) is 2.91. The fourth-order valence-electron chi connectivity index (χ4n) is 2.09. The lowest BCUT2D eigenvalue weighted by atomic mass is 10.0. The number of anilines is 3.